The zero-order valence-electron chi connectivity index (χ0n) is 31.6. The van der Waals surface area contributed by atoms with Crippen LogP contribution in [0.25, 0.3) is 22.3 Å². The van der Waals surface area contributed by atoms with E-state index in [-0.39, 0.29) is 12.3 Å². The summed E-state index contributed by atoms with van der Waals surface area (Å²) in [4.78, 5) is 41.1. The lowest BCUT2D eigenvalue weighted by molar-refractivity contribution is -0.137. The third-order valence-electron chi connectivity index (χ3n) is 7.30. The number of aliphatic carboxylic acids is 1. The highest BCUT2D eigenvalue weighted by molar-refractivity contribution is 7.98. The Bertz CT molecular complexity index is 1410. The van der Waals surface area contributed by atoms with Crippen LogP contribution < -0.4 is 5.32 Å². The van der Waals surface area contributed by atoms with Crippen molar-refractivity contribution in [3.63, 3.8) is 0 Å². The lowest BCUT2D eigenvalue weighted by Crippen LogP contribution is -2.27. The second kappa shape index (κ2) is 29.9. The molecule has 0 saturated carbocycles. The van der Waals surface area contributed by atoms with Crippen molar-refractivity contribution < 1.29 is 52.6 Å². The van der Waals surface area contributed by atoms with Crippen LogP contribution in [0.1, 0.15) is 23.2 Å². The third kappa shape index (κ3) is 21.0. The van der Waals surface area contributed by atoms with Crippen LogP contribution >= 0.6 is 23.5 Å². The first-order chi connectivity index (χ1) is 27.0. The highest BCUT2D eigenvalue weighted by atomic mass is 32.2. The first kappa shape index (κ1) is 46.1. The summed E-state index contributed by atoms with van der Waals surface area (Å²) >= 11 is 2.92. The molecule has 1 amide bonds. The minimum Gasteiger partial charge on any atom is -0.481 e. The molecule has 0 spiro atoms. The number of amides is 1. The van der Waals surface area contributed by atoms with Crippen LogP contribution in [0.2, 0.25) is 0 Å². The number of carboxylic acids is 1. The van der Waals surface area contributed by atoms with Gasteiger partial charge < -0.3 is 48.3 Å². The van der Waals surface area contributed by atoms with Gasteiger partial charge in [-0.1, -0.05) is 23.5 Å². The Balaban J connectivity index is 1.14. The standard InChI is InChI=1S/C37H53N5O11S2/c1-54-36-39-25-32(26-40-36)29-22-30(33-27-41-37(55-2)42-28-33)24-31(23-29)35(45)38-5-7-47-9-11-49-13-15-51-17-19-53-21-20-52-18-16-50-14-12-48-10-8-46-6-3-4-34(43)44/h22-28H,3-21H2,1-2H3,(H,38,45)(H,43,44). The number of hydrogen-bond donors (Lipinski definition) is 2. The summed E-state index contributed by atoms with van der Waals surface area (Å²) in [6.07, 6.45) is 11.4. The van der Waals surface area contributed by atoms with Crippen LogP contribution in [-0.2, 0) is 42.7 Å². The third-order valence-corrected chi connectivity index (χ3v) is 8.45. The monoisotopic (exact) mass is 807 g/mol. The van der Waals surface area contributed by atoms with Crippen molar-refractivity contribution in [2.45, 2.75) is 23.2 Å². The van der Waals surface area contributed by atoms with Crippen LogP contribution in [-0.4, -0.2) is 162 Å². The fourth-order valence-electron chi connectivity index (χ4n) is 4.54. The topological polar surface area (TPSA) is 192 Å². The van der Waals surface area contributed by atoms with E-state index in [4.69, 9.17) is 43.0 Å². The van der Waals surface area contributed by atoms with E-state index in [1.54, 1.807) is 24.8 Å². The quantitative estimate of drug-likeness (QED) is 0.0513. The molecule has 2 N–H and O–H groups in total. The number of benzene rings is 1. The molecule has 3 aromatic rings. The molecule has 0 fully saturated rings. The number of nitrogens with one attached hydrogen (secondary N) is 1. The highest BCUT2D eigenvalue weighted by Gasteiger charge is 2.13. The fourth-order valence-corrected chi connectivity index (χ4v) is 5.17. The van der Waals surface area contributed by atoms with Crippen LogP contribution in [0.4, 0.5) is 0 Å². The van der Waals surface area contributed by atoms with Gasteiger partial charge in [-0.2, -0.15) is 0 Å². The first-order valence-electron chi connectivity index (χ1n) is 18.0. The molecule has 55 heavy (non-hydrogen) atoms. The second-order valence-corrected chi connectivity index (χ2v) is 12.9. The summed E-state index contributed by atoms with van der Waals surface area (Å²) < 4.78 is 43.7. The molecule has 2 heterocycles. The molecule has 1 aromatic carbocycles. The van der Waals surface area contributed by atoms with Gasteiger partial charge in [0.1, 0.15) is 0 Å². The summed E-state index contributed by atoms with van der Waals surface area (Å²) in [7, 11) is 0. The Hall–Kier alpha value is -3.30. The number of carboxylic acid groups (broad SMARTS) is 1. The van der Waals surface area contributed by atoms with Crippen molar-refractivity contribution in [1.29, 1.82) is 0 Å². The predicted octanol–water partition coefficient (Wildman–Crippen LogP) is 3.77. The molecule has 0 unspecified atom stereocenters. The van der Waals surface area contributed by atoms with Crippen molar-refractivity contribution in [1.82, 2.24) is 25.3 Å². The van der Waals surface area contributed by atoms with Gasteiger partial charge in [0.2, 0.25) is 0 Å². The maximum absolute atomic E-state index is 13.2. The molecule has 0 atom stereocenters. The summed E-state index contributed by atoms with van der Waals surface area (Å²) in [5, 5.41) is 12.8. The molecule has 304 valence electrons. The van der Waals surface area contributed by atoms with Gasteiger partial charge in [-0.25, -0.2) is 19.9 Å². The number of rotatable bonds is 33. The molecule has 2 aromatic heterocycles. The molecule has 18 heteroatoms. The molecule has 0 aliphatic carbocycles. The first-order valence-corrected chi connectivity index (χ1v) is 20.4. The number of nitrogens with zero attached hydrogens (tertiary/aromatic N) is 4. The Kier molecular flexibility index (Phi) is 25.1. The SMILES string of the molecule is CSc1ncc(-c2cc(C(=O)NCCOCCOCCOCCOCCOCCOCCOCCOCCCC(=O)O)cc(-c3cnc(SC)nc3)c2)cn1. The van der Waals surface area contributed by atoms with E-state index in [9.17, 15) is 9.59 Å². The van der Waals surface area contributed by atoms with Crippen molar-refractivity contribution in [2.75, 3.05) is 125 Å². The van der Waals surface area contributed by atoms with E-state index < -0.39 is 5.97 Å². The van der Waals surface area contributed by atoms with Gasteiger partial charge in [0.25, 0.3) is 5.91 Å². The van der Waals surface area contributed by atoms with Crippen LogP contribution in [0.15, 0.2) is 53.3 Å². The van der Waals surface area contributed by atoms with Gasteiger partial charge in [-0.3, -0.25) is 9.59 Å². The van der Waals surface area contributed by atoms with E-state index >= 15 is 0 Å². The smallest absolute Gasteiger partial charge is 0.303 e. The van der Waals surface area contributed by atoms with Gasteiger partial charge in [0.15, 0.2) is 10.3 Å². The Morgan fingerprint density at radius 1 is 0.527 bits per heavy atom. The zero-order chi connectivity index (χ0) is 39.2. The van der Waals surface area contributed by atoms with Crippen LogP contribution in [0.3, 0.4) is 0 Å². The summed E-state index contributed by atoms with van der Waals surface area (Å²) in [5.41, 5.74) is 3.71. The second-order valence-electron chi connectivity index (χ2n) is 11.4. The van der Waals surface area contributed by atoms with Crippen LogP contribution in [0, 0.1) is 0 Å². The number of carbonyl (C=O) groups is 2. The lowest BCUT2D eigenvalue weighted by Gasteiger charge is -2.11. The van der Waals surface area contributed by atoms with Crippen LogP contribution in [0.5, 0.6) is 0 Å². The normalized spacial score (nSPS) is 11.2. The summed E-state index contributed by atoms with van der Waals surface area (Å²) in [6.45, 7) is 7.34. The molecule has 3 rings (SSSR count). The predicted molar refractivity (Wildman–Crippen MR) is 208 cm³/mol. The average Bonchev–Trinajstić information content (AvgIpc) is 3.21. The number of aromatic nitrogens is 4. The number of hydrogen-bond acceptors (Lipinski definition) is 16. The van der Waals surface area contributed by atoms with Crippen molar-refractivity contribution in [2.24, 2.45) is 0 Å². The van der Waals surface area contributed by atoms with Gasteiger partial charge in [0.05, 0.1) is 99.1 Å². The van der Waals surface area contributed by atoms with Gasteiger partial charge in [-0.05, 0) is 48.3 Å². The van der Waals surface area contributed by atoms with Crippen molar-refractivity contribution in [3.05, 3.63) is 48.5 Å². The van der Waals surface area contributed by atoms with E-state index in [2.05, 4.69) is 25.3 Å². The van der Waals surface area contributed by atoms with E-state index in [0.29, 0.717) is 135 Å². The summed E-state index contributed by atoms with van der Waals surface area (Å²) in [5.74, 6) is -1.04. The van der Waals surface area contributed by atoms with Crippen molar-refractivity contribution >= 4 is 35.4 Å². The molecule has 0 radical (unpaired) electrons. The Morgan fingerprint density at radius 2 is 0.873 bits per heavy atom. The van der Waals surface area contributed by atoms with E-state index in [1.165, 1.54) is 23.5 Å². The lowest BCUT2D eigenvalue weighted by atomic mass is 9.98. The van der Waals surface area contributed by atoms with Crippen molar-refractivity contribution in [3.8, 4) is 22.3 Å². The minimum absolute atomic E-state index is 0.111. The van der Waals surface area contributed by atoms with E-state index in [1.807, 2.05) is 30.7 Å². The highest BCUT2D eigenvalue weighted by Crippen LogP contribution is 2.28. The molecule has 0 aliphatic rings. The number of carbonyl (C=O) groups excluding carboxylic acids is 1. The number of ether oxygens (including phenoxy) is 8. The minimum atomic E-state index is -0.818. The number of thioether (sulfide) groups is 2. The maximum Gasteiger partial charge on any atom is 0.303 e. The average molecular weight is 808 g/mol. The largest absolute Gasteiger partial charge is 0.481 e. The van der Waals surface area contributed by atoms with Gasteiger partial charge in [-0.15, -0.1) is 0 Å². The van der Waals surface area contributed by atoms with Gasteiger partial charge in [0, 0.05) is 61.1 Å². The van der Waals surface area contributed by atoms with Gasteiger partial charge >= 0.3 is 5.97 Å². The molecule has 0 saturated heterocycles. The zero-order valence-corrected chi connectivity index (χ0v) is 33.2. The fraction of sp³-hybridized carbons (Fsp3) is 0.568. The Labute approximate surface area is 331 Å². The maximum atomic E-state index is 13.2. The molecular weight excluding hydrogens is 755 g/mol. The molecule has 0 bridgehead atoms. The molecule has 16 nitrogen and oxygen atoms in total. The Morgan fingerprint density at radius 3 is 1.22 bits per heavy atom. The summed E-state index contributed by atoms with van der Waals surface area (Å²) in [6, 6.07) is 5.62. The van der Waals surface area contributed by atoms with E-state index in [0.717, 1.165) is 22.3 Å². The molecular formula is C37H53N5O11S2. The molecule has 0 aliphatic heterocycles.